The van der Waals surface area contributed by atoms with Crippen LogP contribution in [0.4, 0.5) is 0 Å². The molecule has 0 aromatic carbocycles. The molecule has 0 amide bonds. The molecule has 0 aliphatic carbocycles. The fourth-order valence-corrected chi connectivity index (χ4v) is 0. The normalized spacial score (nSPS) is 6.56. The van der Waals surface area contributed by atoms with Gasteiger partial charge in [0.25, 0.3) is 0 Å². The van der Waals surface area contributed by atoms with E-state index >= 15 is 0 Å². The Kier molecular flexibility index (Phi) is 42.6. The molecule has 0 atom stereocenters. The van der Waals surface area contributed by atoms with Gasteiger partial charge in [0, 0.05) is 0 Å². The molecule has 0 rings (SSSR count). The first-order chi connectivity index (χ1) is 2.00. The van der Waals surface area contributed by atoms with Crippen LogP contribution in [0.15, 0.2) is 0 Å². The first-order valence-electron chi connectivity index (χ1n) is 0.730. The zero-order valence-electron chi connectivity index (χ0n) is 3.96. The maximum Gasteiger partial charge on any atom is 3.00 e. The van der Waals surface area contributed by atoms with Crippen LogP contribution in [0.25, 0.3) is 0 Å². The minimum absolute atomic E-state index is 0. The predicted octanol–water partition coefficient (Wildman–Crippen LogP) is -5.30. The summed E-state index contributed by atoms with van der Waals surface area (Å²) in [5.41, 5.74) is 0. The molecular formula is H6MnO7P. The van der Waals surface area contributed by atoms with Gasteiger partial charge in [-0.05, 0) is 0 Å². The zero-order valence-corrected chi connectivity index (χ0v) is 6.03. The SMILES string of the molecule is O.O.O.O=P([O-])([O-])[O-].[Mn+3]. The van der Waals surface area contributed by atoms with Gasteiger partial charge in [-0.1, -0.05) is 0 Å². The van der Waals surface area contributed by atoms with Crippen LogP contribution in [0, 0.1) is 0 Å². The average molecular weight is 204 g/mol. The van der Waals surface area contributed by atoms with E-state index in [0.717, 1.165) is 0 Å². The molecule has 7 nitrogen and oxygen atoms in total. The van der Waals surface area contributed by atoms with Crippen LogP contribution in [0.1, 0.15) is 0 Å². The van der Waals surface area contributed by atoms with Crippen molar-refractivity contribution in [3.05, 3.63) is 0 Å². The van der Waals surface area contributed by atoms with Crippen LogP contribution in [-0.2, 0) is 21.6 Å². The second-order valence-electron chi connectivity index (χ2n) is 0.447. The Morgan fingerprint density at radius 3 is 0.889 bits per heavy atom. The molecule has 0 radical (unpaired) electrons. The number of rotatable bonds is 0. The summed E-state index contributed by atoms with van der Waals surface area (Å²) in [6, 6.07) is 0. The molecule has 0 aromatic rings. The van der Waals surface area contributed by atoms with Gasteiger partial charge in [0.15, 0.2) is 0 Å². The minimum atomic E-state index is -5.39. The molecule has 0 aliphatic rings. The van der Waals surface area contributed by atoms with Crippen LogP contribution in [0.3, 0.4) is 0 Å². The maximum absolute atomic E-state index is 8.55. The second-order valence-corrected chi connectivity index (χ2v) is 1.34. The molecule has 0 unspecified atom stereocenters. The van der Waals surface area contributed by atoms with Gasteiger partial charge < -0.3 is 35.7 Å². The largest absolute Gasteiger partial charge is 3.00 e. The summed E-state index contributed by atoms with van der Waals surface area (Å²) in [7, 11) is -5.39. The quantitative estimate of drug-likeness (QED) is 0.282. The standard InChI is InChI=1S/Mn.H3O4P.3H2O/c;1-5(2,3)4;;;/h;(H3,1,2,3,4);3*1H2/q+3;;;;/p-3. The van der Waals surface area contributed by atoms with Crippen molar-refractivity contribution in [1.82, 2.24) is 0 Å². The molecule has 0 saturated carbocycles. The third-order valence-electron chi connectivity index (χ3n) is 0. The maximum atomic E-state index is 8.55. The Morgan fingerprint density at radius 2 is 0.889 bits per heavy atom. The van der Waals surface area contributed by atoms with E-state index in [4.69, 9.17) is 19.2 Å². The molecule has 0 fully saturated rings. The van der Waals surface area contributed by atoms with Crippen molar-refractivity contribution in [2.24, 2.45) is 0 Å². The molecule has 0 bridgehead atoms. The van der Waals surface area contributed by atoms with Gasteiger partial charge in [-0.25, -0.2) is 0 Å². The van der Waals surface area contributed by atoms with Crippen molar-refractivity contribution in [3.63, 3.8) is 0 Å². The summed E-state index contributed by atoms with van der Waals surface area (Å²) in [5.74, 6) is 0. The molecule has 9 heteroatoms. The van der Waals surface area contributed by atoms with Crippen molar-refractivity contribution < 1.29 is 52.7 Å². The minimum Gasteiger partial charge on any atom is -0.822 e. The van der Waals surface area contributed by atoms with Crippen LogP contribution >= 0.6 is 7.82 Å². The van der Waals surface area contributed by atoms with E-state index in [1.165, 1.54) is 0 Å². The van der Waals surface area contributed by atoms with Crippen molar-refractivity contribution >= 4 is 7.82 Å². The van der Waals surface area contributed by atoms with Gasteiger partial charge in [0.2, 0.25) is 0 Å². The summed E-state index contributed by atoms with van der Waals surface area (Å²) in [4.78, 5) is 25.6. The number of hydrogen-bond donors (Lipinski definition) is 0. The van der Waals surface area contributed by atoms with Gasteiger partial charge in [-0.15, -0.1) is 0 Å². The van der Waals surface area contributed by atoms with Crippen molar-refractivity contribution in [2.75, 3.05) is 0 Å². The predicted molar refractivity (Wildman–Crippen MR) is 18.4 cm³/mol. The molecule has 9 heavy (non-hydrogen) atoms. The summed E-state index contributed by atoms with van der Waals surface area (Å²) in [6.07, 6.45) is 0. The van der Waals surface area contributed by atoms with Gasteiger partial charge in [0.1, 0.15) is 0 Å². The summed E-state index contributed by atoms with van der Waals surface area (Å²) in [5, 5.41) is 0. The Bertz CT molecular complexity index is 55.1. The Balaban J connectivity index is -0.0000000133. The fraction of sp³-hybridized carbons (Fsp3) is 0. The number of hydrogen-bond acceptors (Lipinski definition) is 4. The van der Waals surface area contributed by atoms with E-state index in [9.17, 15) is 0 Å². The van der Waals surface area contributed by atoms with Crippen LogP contribution < -0.4 is 14.7 Å². The second kappa shape index (κ2) is 11.3. The molecule has 0 aliphatic heterocycles. The van der Waals surface area contributed by atoms with Crippen molar-refractivity contribution in [3.8, 4) is 0 Å². The Morgan fingerprint density at radius 1 is 0.889 bits per heavy atom. The molecule has 60 valence electrons. The summed E-state index contributed by atoms with van der Waals surface area (Å²) < 4.78 is 8.55. The molecular weight excluding hydrogens is 198 g/mol. The van der Waals surface area contributed by atoms with E-state index in [1.54, 1.807) is 0 Å². The smallest absolute Gasteiger partial charge is 0.822 e. The number of phosphoric acid groups is 1. The summed E-state index contributed by atoms with van der Waals surface area (Å²) in [6.45, 7) is 0. The van der Waals surface area contributed by atoms with E-state index in [0.29, 0.717) is 0 Å². The topological polar surface area (TPSA) is 181 Å². The first-order valence-corrected chi connectivity index (χ1v) is 2.19. The van der Waals surface area contributed by atoms with E-state index < -0.39 is 7.82 Å². The van der Waals surface area contributed by atoms with E-state index in [2.05, 4.69) is 0 Å². The van der Waals surface area contributed by atoms with Crippen molar-refractivity contribution in [2.45, 2.75) is 0 Å². The van der Waals surface area contributed by atoms with Crippen LogP contribution in [-0.4, -0.2) is 16.4 Å². The Hall–Kier alpha value is 0.509. The molecule has 0 heterocycles. The average Bonchev–Trinajstić information content (AvgIpc) is 0.722. The Labute approximate surface area is 61.3 Å². The monoisotopic (exact) mass is 204 g/mol. The van der Waals surface area contributed by atoms with E-state index in [-0.39, 0.29) is 33.5 Å². The third-order valence-corrected chi connectivity index (χ3v) is 0. The van der Waals surface area contributed by atoms with Crippen molar-refractivity contribution in [1.29, 1.82) is 0 Å². The first kappa shape index (κ1) is 33.9. The van der Waals surface area contributed by atoms with Gasteiger partial charge in [0.05, 0.1) is 0 Å². The zero-order chi connectivity index (χ0) is 4.50. The van der Waals surface area contributed by atoms with Gasteiger partial charge >= 0.3 is 17.1 Å². The fourth-order valence-electron chi connectivity index (χ4n) is 0. The molecule has 0 saturated heterocycles. The van der Waals surface area contributed by atoms with Crippen LogP contribution in [0.2, 0.25) is 0 Å². The molecule has 6 N–H and O–H groups in total. The van der Waals surface area contributed by atoms with Gasteiger partial charge in [-0.3, -0.25) is 0 Å². The van der Waals surface area contributed by atoms with Gasteiger partial charge in [-0.2, -0.15) is 7.82 Å². The van der Waals surface area contributed by atoms with Crippen LogP contribution in [0.5, 0.6) is 0 Å². The van der Waals surface area contributed by atoms with E-state index in [1.807, 2.05) is 0 Å². The molecule has 0 aromatic heterocycles. The summed E-state index contributed by atoms with van der Waals surface area (Å²) >= 11 is 0. The third kappa shape index (κ3) is 1390. The molecule has 0 spiro atoms.